The van der Waals surface area contributed by atoms with Gasteiger partial charge in [0.15, 0.2) is 0 Å². The van der Waals surface area contributed by atoms with Crippen molar-refractivity contribution in [3.05, 3.63) is 35.9 Å². The van der Waals surface area contributed by atoms with Gasteiger partial charge in [-0.3, -0.25) is 4.79 Å². The van der Waals surface area contributed by atoms with Crippen LogP contribution >= 0.6 is 0 Å². The number of hydrogen-bond donors (Lipinski definition) is 1. The second-order valence-electron chi connectivity index (χ2n) is 2.47. The summed E-state index contributed by atoms with van der Waals surface area (Å²) in [5.74, 6) is -1.19. The Morgan fingerprint density at radius 1 is 1.33 bits per heavy atom. The summed E-state index contributed by atoms with van der Waals surface area (Å²) in [7, 11) is 0. The minimum absolute atomic E-state index is 0. The van der Waals surface area contributed by atoms with Gasteiger partial charge in [-0.15, -0.1) is 0 Å². The largest absolute Gasteiger partial charge is 0.481 e. The van der Waals surface area contributed by atoms with Crippen LogP contribution in [0.1, 0.15) is 18.4 Å². The van der Waals surface area contributed by atoms with Gasteiger partial charge < -0.3 is 5.11 Å². The molecule has 1 atom stereocenters. The number of hydrogen-bond acceptors (Lipinski definition) is 1. The summed E-state index contributed by atoms with van der Waals surface area (Å²) in [5, 5.41) is 8.64. The molecule has 0 aliphatic rings. The van der Waals surface area contributed by atoms with Gasteiger partial charge >= 0.3 is 5.97 Å². The third-order valence-corrected chi connectivity index (χ3v) is 1.67. The Morgan fingerprint density at radius 3 is 2.25 bits per heavy atom. The molecule has 62 valence electrons. The van der Waals surface area contributed by atoms with Gasteiger partial charge in [0, 0.05) is 26.2 Å². The van der Waals surface area contributed by atoms with Crippen LogP contribution in [-0.2, 0) is 31.0 Å². The normalized spacial score (nSPS) is 11.4. The Labute approximate surface area is 90.7 Å². The number of carbonyl (C=O) groups is 1. The summed E-state index contributed by atoms with van der Waals surface area (Å²) < 4.78 is 0. The summed E-state index contributed by atoms with van der Waals surface area (Å²) >= 11 is 0. The van der Waals surface area contributed by atoms with E-state index in [0.717, 1.165) is 5.56 Å². The molecule has 0 spiro atoms. The van der Waals surface area contributed by atoms with Gasteiger partial charge in [0.2, 0.25) is 0 Å². The van der Waals surface area contributed by atoms with Crippen LogP contribution in [0.4, 0.5) is 0 Å². The Kier molecular flexibility index (Phi) is 5.07. The van der Waals surface area contributed by atoms with E-state index in [-0.39, 0.29) is 26.2 Å². The molecule has 1 N–H and O–H groups in total. The van der Waals surface area contributed by atoms with Gasteiger partial charge in [0.05, 0.1) is 5.92 Å². The molecule has 1 unspecified atom stereocenters. The number of benzene rings is 1. The summed E-state index contributed by atoms with van der Waals surface area (Å²) in [6.07, 6.45) is 0. The van der Waals surface area contributed by atoms with E-state index in [2.05, 4.69) is 0 Å². The first-order chi connectivity index (χ1) is 5.22. The number of carboxylic acid groups (broad SMARTS) is 1. The molecule has 0 amide bonds. The summed E-state index contributed by atoms with van der Waals surface area (Å²) in [5.41, 5.74) is 0.847. The SMILES string of the molecule is CC(C(=O)O)c1ccccc1.[Zr]. The fourth-order valence-electron chi connectivity index (χ4n) is 0.884. The second-order valence-corrected chi connectivity index (χ2v) is 2.47. The molecule has 0 saturated heterocycles. The van der Waals surface area contributed by atoms with Crippen LogP contribution < -0.4 is 0 Å². The van der Waals surface area contributed by atoms with E-state index in [0.29, 0.717) is 0 Å². The first-order valence-electron chi connectivity index (χ1n) is 3.49. The van der Waals surface area contributed by atoms with Crippen LogP contribution in [0.3, 0.4) is 0 Å². The summed E-state index contributed by atoms with van der Waals surface area (Å²) in [6, 6.07) is 9.19. The maximum Gasteiger partial charge on any atom is 0.310 e. The van der Waals surface area contributed by atoms with Gasteiger partial charge in [-0.2, -0.15) is 0 Å². The van der Waals surface area contributed by atoms with E-state index >= 15 is 0 Å². The zero-order valence-corrected chi connectivity index (χ0v) is 9.28. The molecule has 0 heterocycles. The standard InChI is InChI=1S/C9H10O2.Zr/c1-7(9(10)11)8-5-3-2-4-6-8;/h2-7H,1H3,(H,10,11);. The van der Waals surface area contributed by atoms with Crippen molar-refractivity contribution < 1.29 is 36.1 Å². The molecule has 0 bridgehead atoms. The minimum atomic E-state index is -0.781. The van der Waals surface area contributed by atoms with Crippen molar-refractivity contribution in [1.29, 1.82) is 0 Å². The van der Waals surface area contributed by atoms with Crippen molar-refractivity contribution in [1.82, 2.24) is 0 Å². The fourth-order valence-corrected chi connectivity index (χ4v) is 0.884. The molecule has 0 saturated carbocycles. The van der Waals surface area contributed by atoms with Crippen molar-refractivity contribution in [2.45, 2.75) is 12.8 Å². The molecule has 1 rings (SSSR count). The maximum atomic E-state index is 10.5. The molecule has 0 aliphatic heterocycles. The topological polar surface area (TPSA) is 37.3 Å². The quantitative estimate of drug-likeness (QED) is 0.858. The first kappa shape index (κ1) is 11.6. The molecule has 12 heavy (non-hydrogen) atoms. The van der Waals surface area contributed by atoms with E-state index in [1.54, 1.807) is 6.92 Å². The van der Waals surface area contributed by atoms with E-state index in [1.807, 2.05) is 30.3 Å². The van der Waals surface area contributed by atoms with Crippen molar-refractivity contribution in [3.8, 4) is 0 Å². The number of aliphatic carboxylic acids is 1. The molecule has 2 nitrogen and oxygen atoms in total. The third kappa shape index (κ3) is 2.90. The van der Waals surface area contributed by atoms with Crippen LogP contribution in [0.25, 0.3) is 0 Å². The molecule has 3 heteroatoms. The summed E-state index contributed by atoms with van der Waals surface area (Å²) in [6.45, 7) is 1.68. The van der Waals surface area contributed by atoms with Gasteiger partial charge in [0.25, 0.3) is 0 Å². The Bertz CT molecular complexity index is 246. The monoisotopic (exact) mass is 240 g/mol. The van der Waals surface area contributed by atoms with Gasteiger partial charge in [-0.05, 0) is 12.5 Å². The predicted octanol–water partition coefficient (Wildman–Crippen LogP) is 1.87. The minimum Gasteiger partial charge on any atom is -0.481 e. The van der Waals surface area contributed by atoms with E-state index < -0.39 is 11.9 Å². The fraction of sp³-hybridized carbons (Fsp3) is 0.222. The number of carboxylic acids is 1. The Hall–Kier alpha value is -0.427. The molecule has 0 fully saturated rings. The third-order valence-electron chi connectivity index (χ3n) is 1.67. The van der Waals surface area contributed by atoms with Crippen LogP contribution in [-0.4, -0.2) is 11.1 Å². The van der Waals surface area contributed by atoms with Crippen LogP contribution in [0.15, 0.2) is 30.3 Å². The van der Waals surface area contributed by atoms with Gasteiger partial charge in [-0.25, -0.2) is 0 Å². The first-order valence-corrected chi connectivity index (χ1v) is 3.49. The Balaban J connectivity index is 0.00000121. The molecule has 0 radical (unpaired) electrons. The summed E-state index contributed by atoms with van der Waals surface area (Å²) in [4.78, 5) is 10.5. The van der Waals surface area contributed by atoms with Crippen molar-refractivity contribution in [3.63, 3.8) is 0 Å². The molecule has 0 aliphatic carbocycles. The van der Waals surface area contributed by atoms with Crippen LogP contribution in [0, 0.1) is 0 Å². The van der Waals surface area contributed by atoms with Crippen molar-refractivity contribution in [2.75, 3.05) is 0 Å². The Morgan fingerprint density at radius 2 is 1.83 bits per heavy atom. The predicted molar refractivity (Wildman–Crippen MR) is 42.5 cm³/mol. The molecule has 1 aromatic rings. The zero-order valence-electron chi connectivity index (χ0n) is 6.82. The van der Waals surface area contributed by atoms with Crippen LogP contribution in [0.2, 0.25) is 0 Å². The average Bonchev–Trinajstić information content (AvgIpc) is 2.05. The number of rotatable bonds is 2. The van der Waals surface area contributed by atoms with E-state index in [4.69, 9.17) is 5.11 Å². The molecular weight excluding hydrogens is 231 g/mol. The van der Waals surface area contributed by atoms with E-state index in [9.17, 15) is 4.79 Å². The smallest absolute Gasteiger partial charge is 0.310 e. The van der Waals surface area contributed by atoms with Gasteiger partial charge in [0.1, 0.15) is 0 Å². The second kappa shape index (κ2) is 5.26. The van der Waals surface area contributed by atoms with Gasteiger partial charge in [-0.1, -0.05) is 30.3 Å². The molecule has 1 aromatic carbocycles. The molecule has 0 aromatic heterocycles. The van der Waals surface area contributed by atoms with Crippen molar-refractivity contribution >= 4 is 5.97 Å². The van der Waals surface area contributed by atoms with E-state index in [1.165, 1.54) is 0 Å². The zero-order chi connectivity index (χ0) is 8.27. The average molecular weight is 241 g/mol. The molecular formula is C9H10O2Zr. The van der Waals surface area contributed by atoms with Crippen LogP contribution in [0.5, 0.6) is 0 Å². The maximum absolute atomic E-state index is 10.5. The van der Waals surface area contributed by atoms with Crippen molar-refractivity contribution in [2.24, 2.45) is 0 Å².